The average Bonchev–Trinajstić information content (AvgIpc) is 2.14. The Labute approximate surface area is 108 Å². The summed E-state index contributed by atoms with van der Waals surface area (Å²) in [6.07, 6.45) is 3.97. The summed E-state index contributed by atoms with van der Waals surface area (Å²) in [4.78, 5) is 0. The smallest absolute Gasteiger partial charge is 0.264 e. The molecule has 0 aliphatic heterocycles. The van der Waals surface area contributed by atoms with E-state index in [9.17, 15) is 8.42 Å². The molecule has 10 heteroatoms. The molecule has 0 heterocycles. The molecule has 0 saturated carbocycles. The zero-order valence-corrected chi connectivity index (χ0v) is 11.9. The molecule has 112 valence electrons. The third-order valence-electron chi connectivity index (χ3n) is 2.00. The summed E-state index contributed by atoms with van der Waals surface area (Å²) >= 11 is 0. The maximum Gasteiger partial charge on any atom is 0.397 e. The van der Waals surface area contributed by atoms with E-state index in [1.165, 1.54) is 0 Å². The molecule has 8 nitrogen and oxygen atoms in total. The third kappa shape index (κ3) is 24.8. The molecule has 0 radical (unpaired) electrons. The van der Waals surface area contributed by atoms with Gasteiger partial charge < -0.3 is 0 Å². The van der Waals surface area contributed by atoms with Crippen LogP contribution in [-0.4, -0.2) is 37.1 Å². The highest BCUT2D eigenvalue weighted by Gasteiger charge is 2.11. The summed E-state index contributed by atoms with van der Waals surface area (Å²) in [6, 6.07) is 0. The molecule has 3 N–H and O–H groups in total. The quantitative estimate of drug-likeness (QED) is 0.599. The van der Waals surface area contributed by atoms with Crippen LogP contribution in [0, 0.1) is 5.92 Å². The molecule has 0 saturated heterocycles. The molecular formula is C8H20O8S2. The molecule has 0 aliphatic rings. The van der Waals surface area contributed by atoms with Gasteiger partial charge >= 0.3 is 20.8 Å². The Balaban J connectivity index is 0. The van der Waals surface area contributed by atoms with Gasteiger partial charge in [-0.3, -0.25) is 13.7 Å². The molecule has 0 aromatic carbocycles. The molecule has 0 aromatic heterocycles. The molecule has 0 amide bonds. The summed E-state index contributed by atoms with van der Waals surface area (Å²) in [5.74, 6) is 0.224. The van der Waals surface area contributed by atoms with Crippen molar-refractivity contribution < 1.29 is 34.7 Å². The van der Waals surface area contributed by atoms with Crippen molar-refractivity contribution in [2.45, 2.75) is 39.5 Å². The van der Waals surface area contributed by atoms with Crippen LogP contribution in [0.1, 0.15) is 39.5 Å². The van der Waals surface area contributed by atoms with Crippen molar-refractivity contribution in [3.8, 4) is 0 Å². The van der Waals surface area contributed by atoms with Crippen molar-refractivity contribution >= 4 is 20.8 Å². The van der Waals surface area contributed by atoms with Crippen molar-refractivity contribution in [1.82, 2.24) is 0 Å². The molecule has 18 heavy (non-hydrogen) atoms. The van der Waals surface area contributed by atoms with E-state index in [4.69, 9.17) is 22.1 Å². The summed E-state index contributed by atoms with van der Waals surface area (Å²) in [6.45, 7) is 4.15. The Morgan fingerprint density at radius 3 is 1.78 bits per heavy atom. The van der Waals surface area contributed by atoms with Gasteiger partial charge in [-0.15, -0.1) is 0 Å². The molecule has 0 fully saturated rings. The van der Waals surface area contributed by atoms with Gasteiger partial charge in [-0.2, -0.15) is 16.8 Å². The molecule has 0 spiro atoms. The molecule has 0 bridgehead atoms. The minimum absolute atomic E-state index is 0.0926. The predicted octanol–water partition coefficient (Wildman–Crippen LogP) is 1.37. The molecule has 0 aliphatic carbocycles. The van der Waals surface area contributed by atoms with E-state index in [0.29, 0.717) is 0 Å². The normalized spacial score (nSPS) is 13.6. The number of rotatable bonds is 7. The zero-order valence-electron chi connectivity index (χ0n) is 10.3. The van der Waals surface area contributed by atoms with Crippen LogP contribution in [0.3, 0.4) is 0 Å². The number of hydrogen-bond donors (Lipinski definition) is 3. The molecule has 1 atom stereocenters. The van der Waals surface area contributed by atoms with Gasteiger partial charge in [0.1, 0.15) is 0 Å². The highest BCUT2D eigenvalue weighted by atomic mass is 32.3. The maximum absolute atomic E-state index is 10.3. The van der Waals surface area contributed by atoms with E-state index >= 15 is 0 Å². The van der Waals surface area contributed by atoms with Gasteiger partial charge in [0.15, 0.2) is 0 Å². The summed E-state index contributed by atoms with van der Waals surface area (Å²) in [5, 5.41) is 0. The van der Waals surface area contributed by atoms with Crippen LogP contribution in [0.2, 0.25) is 0 Å². The lowest BCUT2D eigenvalue weighted by atomic mass is 10.0. The van der Waals surface area contributed by atoms with E-state index in [-0.39, 0.29) is 12.5 Å². The van der Waals surface area contributed by atoms with Gasteiger partial charge in [0, 0.05) is 0 Å². The minimum atomic E-state index is -4.67. The highest BCUT2D eigenvalue weighted by Crippen LogP contribution is 2.13. The van der Waals surface area contributed by atoms with Crippen LogP contribution in [-0.2, 0) is 25.0 Å². The fourth-order valence-corrected chi connectivity index (χ4v) is 1.44. The van der Waals surface area contributed by atoms with Gasteiger partial charge in [0.2, 0.25) is 0 Å². The van der Waals surface area contributed by atoms with Crippen molar-refractivity contribution in [1.29, 1.82) is 0 Å². The molecule has 0 aromatic rings. The second kappa shape index (κ2) is 9.64. The lowest BCUT2D eigenvalue weighted by molar-refractivity contribution is 0.211. The van der Waals surface area contributed by atoms with Crippen molar-refractivity contribution in [3.63, 3.8) is 0 Å². The first-order valence-corrected chi connectivity index (χ1v) is 8.07. The second-order valence-electron chi connectivity index (χ2n) is 3.58. The predicted molar refractivity (Wildman–Crippen MR) is 65.0 cm³/mol. The standard InChI is InChI=1S/C8H18O4S.H2O4S/c1-3-5-6-8(4-2)7-12-13(9,10)11;1-5(2,3)4/h8H,3-7H2,1-2H3,(H,9,10,11);(H2,1,2,3,4). The number of hydrogen-bond acceptors (Lipinski definition) is 5. The Hall–Kier alpha value is -0.260. The summed E-state index contributed by atoms with van der Waals surface area (Å²) in [7, 11) is -8.92. The van der Waals surface area contributed by atoms with Gasteiger partial charge in [0.25, 0.3) is 0 Å². The Bertz CT molecular complexity index is 377. The van der Waals surface area contributed by atoms with E-state index < -0.39 is 20.8 Å². The van der Waals surface area contributed by atoms with Crippen LogP contribution in [0.5, 0.6) is 0 Å². The first-order chi connectivity index (χ1) is 7.99. The van der Waals surface area contributed by atoms with Crippen molar-refractivity contribution in [2.24, 2.45) is 5.92 Å². The monoisotopic (exact) mass is 308 g/mol. The van der Waals surface area contributed by atoms with E-state index in [1.54, 1.807) is 0 Å². The second-order valence-corrected chi connectivity index (χ2v) is 5.56. The fourth-order valence-electron chi connectivity index (χ4n) is 1.08. The minimum Gasteiger partial charge on any atom is -0.264 e. The summed E-state index contributed by atoms with van der Waals surface area (Å²) < 4.78 is 64.7. The Morgan fingerprint density at radius 2 is 1.50 bits per heavy atom. The number of unbranched alkanes of at least 4 members (excludes halogenated alkanes) is 1. The fraction of sp³-hybridized carbons (Fsp3) is 1.00. The molecule has 1 unspecified atom stereocenters. The molecular weight excluding hydrogens is 288 g/mol. The lowest BCUT2D eigenvalue weighted by Crippen LogP contribution is -2.13. The molecule has 0 rings (SSSR count). The van der Waals surface area contributed by atoms with Crippen LogP contribution in [0.15, 0.2) is 0 Å². The SMILES string of the molecule is CCCCC(CC)COS(=O)(=O)O.O=S(=O)(O)O. The van der Waals surface area contributed by atoms with Gasteiger partial charge in [-0.05, 0) is 12.3 Å². The van der Waals surface area contributed by atoms with Crippen LogP contribution in [0.25, 0.3) is 0 Å². The largest absolute Gasteiger partial charge is 0.397 e. The lowest BCUT2D eigenvalue weighted by Gasteiger charge is -2.12. The van der Waals surface area contributed by atoms with Crippen molar-refractivity contribution in [2.75, 3.05) is 6.61 Å². The Morgan fingerprint density at radius 1 is 1.06 bits per heavy atom. The van der Waals surface area contributed by atoms with E-state index in [0.717, 1.165) is 25.7 Å². The van der Waals surface area contributed by atoms with E-state index in [2.05, 4.69) is 11.1 Å². The van der Waals surface area contributed by atoms with Gasteiger partial charge in [-0.25, -0.2) is 4.18 Å². The van der Waals surface area contributed by atoms with Gasteiger partial charge in [-0.1, -0.05) is 33.1 Å². The van der Waals surface area contributed by atoms with Gasteiger partial charge in [0.05, 0.1) is 6.61 Å². The zero-order chi connectivity index (χ0) is 14.8. The first kappa shape index (κ1) is 20.1. The van der Waals surface area contributed by atoms with Crippen molar-refractivity contribution in [3.05, 3.63) is 0 Å². The maximum atomic E-state index is 10.3. The van der Waals surface area contributed by atoms with Crippen LogP contribution < -0.4 is 0 Å². The van der Waals surface area contributed by atoms with E-state index in [1.807, 2.05) is 6.92 Å². The summed E-state index contributed by atoms with van der Waals surface area (Å²) in [5.41, 5.74) is 0. The average molecular weight is 308 g/mol. The first-order valence-electron chi connectivity index (χ1n) is 5.31. The third-order valence-corrected chi connectivity index (χ3v) is 2.43. The van der Waals surface area contributed by atoms with Crippen LogP contribution in [0.4, 0.5) is 0 Å². The highest BCUT2D eigenvalue weighted by molar-refractivity contribution is 7.80. The Kier molecular flexibility index (Phi) is 10.7. The van der Waals surface area contributed by atoms with Crippen LogP contribution >= 0.6 is 0 Å². The topological polar surface area (TPSA) is 138 Å².